The molecule has 4 aromatic carbocycles. The van der Waals surface area contributed by atoms with E-state index < -0.39 is 28.5 Å². The summed E-state index contributed by atoms with van der Waals surface area (Å²) in [5, 5.41) is 3.25. The van der Waals surface area contributed by atoms with E-state index >= 15 is 0 Å². The lowest BCUT2D eigenvalue weighted by atomic mass is 10.0. The molecular formula is C34H35Cl2N3O5S. The number of hydrogen-bond donors (Lipinski definition) is 1. The van der Waals surface area contributed by atoms with Crippen LogP contribution in [0.1, 0.15) is 23.6 Å². The maximum Gasteiger partial charge on any atom is 0.264 e. The molecule has 2 amide bonds. The molecule has 0 radical (unpaired) electrons. The Labute approximate surface area is 274 Å². The van der Waals surface area contributed by atoms with Gasteiger partial charge in [0.2, 0.25) is 11.8 Å². The number of amides is 2. The summed E-state index contributed by atoms with van der Waals surface area (Å²) >= 11 is 12.6. The maximum atomic E-state index is 14.5. The quantitative estimate of drug-likeness (QED) is 0.181. The van der Waals surface area contributed by atoms with Gasteiger partial charge in [-0.15, -0.1) is 0 Å². The highest BCUT2D eigenvalue weighted by atomic mass is 35.5. The number of benzene rings is 4. The average Bonchev–Trinajstić information content (AvgIpc) is 3.01. The fourth-order valence-electron chi connectivity index (χ4n) is 4.86. The number of aryl methyl sites for hydroxylation is 1. The largest absolute Gasteiger partial charge is 0.497 e. The minimum absolute atomic E-state index is 0.0131. The smallest absolute Gasteiger partial charge is 0.264 e. The summed E-state index contributed by atoms with van der Waals surface area (Å²) in [6, 6.07) is 26.2. The van der Waals surface area contributed by atoms with Crippen LogP contribution in [-0.2, 0) is 32.6 Å². The second-order valence-electron chi connectivity index (χ2n) is 10.4. The highest BCUT2D eigenvalue weighted by molar-refractivity contribution is 7.92. The van der Waals surface area contributed by atoms with E-state index in [1.807, 2.05) is 43.3 Å². The van der Waals surface area contributed by atoms with E-state index in [1.165, 1.54) is 35.2 Å². The molecular weight excluding hydrogens is 633 g/mol. The number of nitrogens with zero attached hydrogens (tertiary/aromatic N) is 2. The van der Waals surface area contributed by atoms with Crippen molar-refractivity contribution in [2.45, 2.75) is 37.8 Å². The lowest BCUT2D eigenvalue weighted by molar-refractivity contribution is -0.140. The van der Waals surface area contributed by atoms with E-state index in [2.05, 4.69) is 5.32 Å². The standard InChI is InChI=1S/C34H35Cl2N3O5S/c1-4-37-34(41)32(18-25-9-6-5-7-10-25)38(22-26-11-8-12-30(17-26)44-3)33(40)23-39(29-20-27(35)19-28(36)21-29)45(42,43)31-15-13-24(2)14-16-31/h5-17,19-21,32H,4,18,22-23H2,1-3H3,(H,37,41). The van der Waals surface area contributed by atoms with Gasteiger partial charge < -0.3 is 15.0 Å². The summed E-state index contributed by atoms with van der Waals surface area (Å²) < 4.78 is 34.6. The second-order valence-corrected chi connectivity index (χ2v) is 13.2. The molecule has 4 aromatic rings. The van der Waals surface area contributed by atoms with Crippen molar-refractivity contribution in [1.29, 1.82) is 0 Å². The van der Waals surface area contributed by atoms with E-state index in [1.54, 1.807) is 44.4 Å². The van der Waals surface area contributed by atoms with Crippen LogP contribution in [-0.4, -0.2) is 51.4 Å². The fraction of sp³-hybridized carbons (Fsp3) is 0.235. The maximum absolute atomic E-state index is 14.5. The highest BCUT2D eigenvalue weighted by Gasteiger charge is 2.34. The Balaban J connectivity index is 1.83. The zero-order valence-corrected chi connectivity index (χ0v) is 27.6. The minimum atomic E-state index is -4.28. The summed E-state index contributed by atoms with van der Waals surface area (Å²) in [5.41, 5.74) is 2.52. The number of rotatable bonds is 13. The molecule has 0 aliphatic rings. The molecule has 0 aliphatic heterocycles. The number of carbonyl (C=O) groups is 2. The molecule has 0 saturated heterocycles. The number of hydrogen-bond acceptors (Lipinski definition) is 5. The average molecular weight is 669 g/mol. The molecule has 11 heteroatoms. The summed E-state index contributed by atoms with van der Waals surface area (Å²) in [6.07, 6.45) is 0.204. The fourth-order valence-corrected chi connectivity index (χ4v) is 6.78. The van der Waals surface area contributed by atoms with Crippen LogP contribution in [0.3, 0.4) is 0 Å². The van der Waals surface area contributed by atoms with Crippen molar-refractivity contribution >= 4 is 50.7 Å². The minimum Gasteiger partial charge on any atom is -0.497 e. The van der Waals surface area contributed by atoms with Gasteiger partial charge in [0.15, 0.2) is 0 Å². The van der Waals surface area contributed by atoms with Crippen LogP contribution in [0.4, 0.5) is 5.69 Å². The molecule has 1 atom stereocenters. The molecule has 0 saturated carbocycles. The van der Waals surface area contributed by atoms with Crippen LogP contribution in [0.25, 0.3) is 0 Å². The first-order valence-electron chi connectivity index (χ1n) is 14.3. The third-order valence-electron chi connectivity index (χ3n) is 7.13. The van der Waals surface area contributed by atoms with E-state index in [9.17, 15) is 18.0 Å². The number of halogens is 2. The molecule has 0 aliphatic carbocycles. The Morgan fingerprint density at radius 2 is 1.51 bits per heavy atom. The molecule has 0 heterocycles. The molecule has 0 bridgehead atoms. The second kappa shape index (κ2) is 15.3. The van der Waals surface area contributed by atoms with Gasteiger partial charge in [-0.2, -0.15) is 0 Å². The Bertz CT molecular complexity index is 1710. The van der Waals surface area contributed by atoms with Crippen molar-refractivity contribution in [3.05, 3.63) is 124 Å². The molecule has 1 N–H and O–H groups in total. The van der Waals surface area contributed by atoms with Crippen LogP contribution < -0.4 is 14.4 Å². The van der Waals surface area contributed by atoms with Gasteiger partial charge >= 0.3 is 0 Å². The Morgan fingerprint density at radius 3 is 2.13 bits per heavy atom. The van der Waals surface area contributed by atoms with E-state index in [-0.39, 0.29) is 39.5 Å². The third kappa shape index (κ3) is 8.78. The van der Waals surface area contributed by atoms with E-state index in [0.717, 1.165) is 15.4 Å². The third-order valence-corrected chi connectivity index (χ3v) is 9.36. The summed E-state index contributed by atoms with van der Waals surface area (Å²) in [4.78, 5) is 29.5. The number of nitrogens with one attached hydrogen (secondary N) is 1. The lowest BCUT2D eigenvalue weighted by Crippen LogP contribution is -2.53. The van der Waals surface area contributed by atoms with Crippen LogP contribution in [0.5, 0.6) is 5.75 Å². The summed E-state index contributed by atoms with van der Waals surface area (Å²) in [7, 11) is -2.74. The van der Waals surface area contributed by atoms with Gasteiger partial charge in [-0.3, -0.25) is 13.9 Å². The number of likely N-dealkylation sites (N-methyl/N-ethyl adjacent to an activating group) is 1. The first-order chi connectivity index (χ1) is 21.5. The molecule has 8 nitrogen and oxygen atoms in total. The predicted molar refractivity (Wildman–Crippen MR) is 178 cm³/mol. The molecule has 4 rings (SSSR count). The highest BCUT2D eigenvalue weighted by Crippen LogP contribution is 2.30. The van der Waals surface area contributed by atoms with Gasteiger partial charge in [-0.05, 0) is 67.4 Å². The number of ether oxygens (including phenoxy) is 1. The van der Waals surface area contributed by atoms with Crippen molar-refractivity contribution in [3.8, 4) is 5.75 Å². The van der Waals surface area contributed by atoms with E-state index in [4.69, 9.17) is 27.9 Å². The van der Waals surface area contributed by atoms with Crippen molar-refractivity contribution in [2.24, 2.45) is 0 Å². The number of methoxy groups -OCH3 is 1. The number of sulfonamides is 1. The lowest BCUT2D eigenvalue weighted by Gasteiger charge is -2.34. The van der Waals surface area contributed by atoms with Gasteiger partial charge in [0.1, 0.15) is 18.3 Å². The molecule has 0 aromatic heterocycles. The number of anilines is 1. The van der Waals surface area contributed by atoms with Gasteiger partial charge in [0.05, 0.1) is 17.7 Å². The zero-order valence-electron chi connectivity index (χ0n) is 25.2. The predicted octanol–water partition coefficient (Wildman–Crippen LogP) is 6.28. The van der Waals surface area contributed by atoms with Gasteiger partial charge in [-0.25, -0.2) is 8.42 Å². The molecule has 1 unspecified atom stereocenters. The molecule has 45 heavy (non-hydrogen) atoms. The van der Waals surface area contributed by atoms with Gasteiger partial charge in [0, 0.05) is 29.6 Å². The Kier molecular flexibility index (Phi) is 11.5. The SMILES string of the molecule is CCNC(=O)C(Cc1ccccc1)N(Cc1cccc(OC)c1)C(=O)CN(c1cc(Cl)cc(Cl)c1)S(=O)(=O)c1ccc(C)cc1. The van der Waals surface area contributed by atoms with Crippen molar-refractivity contribution in [1.82, 2.24) is 10.2 Å². The normalized spacial score (nSPS) is 11.8. The summed E-state index contributed by atoms with van der Waals surface area (Å²) in [5.74, 6) is -0.386. The topological polar surface area (TPSA) is 96.0 Å². The van der Waals surface area contributed by atoms with Crippen LogP contribution >= 0.6 is 23.2 Å². The molecule has 236 valence electrons. The Morgan fingerprint density at radius 1 is 0.867 bits per heavy atom. The van der Waals surface area contributed by atoms with Crippen molar-refractivity contribution in [3.63, 3.8) is 0 Å². The zero-order chi connectivity index (χ0) is 32.6. The van der Waals surface area contributed by atoms with Crippen LogP contribution in [0.2, 0.25) is 10.0 Å². The van der Waals surface area contributed by atoms with Crippen molar-refractivity contribution in [2.75, 3.05) is 24.5 Å². The monoisotopic (exact) mass is 667 g/mol. The molecule has 0 fully saturated rings. The van der Waals surface area contributed by atoms with Crippen LogP contribution in [0.15, 0.2) is 102 Å². The Hall–Kier alpha value is -4.05. The number of carbonyl (C=O) groups excluding carboxylic acids is 2. The van der Waals surface area contributed by atoms with Crippen molar-refractivity contribution < 1.29 is 22.7 Å². The first kappa shape index (κ1) is 33.8. The van der Waals surface area contributed by atoms with Gasteiger partial charge in [-0.1, -0.05) is 83.4 Å². The molecule has 0 spiro atoms. The first-order valence-corrected chi connectivity index (χ1v) is 16.5. The van der Waals surface area contributed by atoms with Crippen LogP contribution in [0, 0.1) is 6.92 Å². The van der Waals surface area contributed by atoms with E-state index in [0.29, 0.717) is 17.9 Å². The van der Waals surface area contributed by atoms with Gasteiger partial charge in [0.25, 0.3) is 10.0 Å². The summed E-state index contributed by atoms with van der Waals surface area (Å²) in [6.45, 7) is 3.38.